The molecular weight excluding hydrogens is 603 g/mol. The summed E-state index contributed by atoms with van der Waals surface area (Å²) in [5.74, 6) is -5.47. The number of fused-ring (bicyclic) bond motifs is 1. The van der Waals surface area contributed by atoms with Crippen molar-refractivity contribution in [2.75, 3.05) is 32.8 Å². The summed E-state index contributed by atoms with van der Waals surface area (Å²) in [4.78, 5) is 40.9. The van der Waals surface area contributed by atoms with Crippen LogP contribution >= 0.6 is 11.3 Å². The van der Waals surface area contributed by atoms with Crippen LogP contribution in [0.25, 0.3) is 0 Å². The lowest BCUT2D eigenvalue weighted by Gasteiger charge is -2.31. The minimum Gasteiger partial charge on any atom is -0.479 e. The highest BCUT2D eigenvalue weighted by Crippen LogP contribution is 2.42. The summed E-state index contributed by atoms with van der Waals surface area (Å²) < 4.78 is 51.2. The molecule has 3 aliphatic heterocycles. The quantitative estimate of drug-likeness (QED) is 0.316. The zero-order valence-electron chi connectivity index (χ0n) is 24.4. The summed E-state index contributed by atoms with van der Waals surface area (Å²) in [6.45, 7) is 3.62. The highest BCUT2D eigenvalue weighted by molar-refractivity contribution is 7.11. The van der Waals surface area contributed by atoms with Crippen LogP contribution in [0, 0.1) is 12.7 Å². The third-order valence-corrected chi connectivity index (χ3v) is 8.91. The van der Waals surface area contributed by atoms with Gasteiger partial charge in [-0.25, -0.2) is 27.7 Å². The number of nitrogens with one attached hydrogen (secondary N) is 1. The van der Waals surface area contributed by atoms with Crippen molar-refractivity contribution < 1.29 is 42.5 Å². The van der Waals surface area contributed by atoms with Crippen LogP contribution in [0.3, 0.4) is 0 Å². The number of likely N-dealkylation sites (tertiary alicyclic amines) is 1. The van der Waals surface area contributed by atoms with Crippen LogP contribution in [0.5, 0.6) is 0 Å². The van der Waals surface area contributed by atoms with Gasteiger partial charge in [-0.1, -0.05) is 12.1 Å². The number of thiazole rings is 1. The number of aromatic nitrogens is 1. The number of aliphatic imine (C=N–C) groups is 1. The SMILES string of the molecule is CCOC(=O)C1=C(CN2CC(F)(F)[C@@H]3[C@H]2CON3CCCC(C)(O)C(=O)O)NC(c2nccs2)=N[C@H]1c1cccc(F)c1C. The van der Waals surface area contributed by atoms with Crippen molar-refractivity contribution in [1.29, 1.82) is 0 Å². The number of hydrogen-bond donors (Lipinski definition) is 3. The maximum Gasteiger partial charge on any atom is 0.338 e. The maximum absolute atomic E-state index is 15.6. The van der Waals surface area contributed by atoms with Crippen LogP contribution < -0.4 is 5.32 Å². The van der Waals surface area contributed by atoms with Gasteiger partial charge < -0.3 is 20.3 Å². The number of carboxylic acid groups (broad SMARTS) is 1. The number of carboxylic acids is 1. The number of ether oxygens (including phenoxy) is 1. The number of nitrogens with zero attached hydrogens (tertiary/aromatic N) is 4. The lowest BCUT2D eigenvalue weighted by atomic mass is 9.92. The first kappa shape index (κ1) is 32.0. The fourth-order valence-corrected chi connectivity index (χ4v) is 6.43. The van der Waals surface area contributed by atoms with Gasteiger partial charge >= 0.3 is 11.9 Å². The third kappa shape index (κ3) is 6.24. The minimum atomic E-state index is -3.21. The van der Waals surface area contributed by atoms with Gasteiger partial charge in [0.2, 0.25) is 0 Å². The van der Waals surface area contributed by atoms with Crippen molar-refractivity contribution in [3.63, 3.8) is 0 Å². The molecule has 0 saturated carbocycles. The van der Waals surface area contributed by atoms with Gasteiger partial charge in [-0.05, 0) is 50.8 Å². The van der Waals surface area contributed by atoms with E-state index in [-0.39, 0.29) is 56.0 Å². The number of carbonyl (C=O) groups is 2. The van der Waals surface area contributed by atoms with E-state index >= 15 is 8.78 Å². The van der Waals surface area contributed by atoms with Gasteiger partial charge in [0.15, 0.2) is 16.4 Å². The average Bonchev–Trinajstić information content (AvgIpc) is 3.69. The number of aliphatic hydroxyl groups is 1. The molecule has 238 valence electrons. The zero-order chi connectivity index (χ0) is 31.8. The summed E-state index contributed by atoms with van der Waals surface area (Å²) >= 11 is 1.29. The molecule has 0 aliphatic carbocycles. The Morgan fingerprint density at radius 2 is 2.11 bits per heavy atom. The van der Waals surface area contributed by atoms with E-state index in [1.807, 2.05) is 0 Å². The third-order valence-electron chi connectivity index (χ3n) is 8.13. The molecule has 0 spiro atoms. The molecule has 1 unspecified atom stereocenters. The molecule has 0 amide bonds. The highest BCUT2D eigenvalue weighted by Gasteiger charge is 2.60. The summed E-state index contributed by atoms with van der Waals surface area (Å²) in [5.41, 5.74) is -0.904. The summed E-state index contributed by atoms with van der Waals surface area (Å²) in [6, 6.07) is 1.41. The Labute approximate surface area is 255 Å². The largest absolute Gasteiger partial charge is 0.479 e. The number of alkyl halides is 2. The van der Waals surface area contributed by atoms with Crippen LogP contribution in [0.2, 0.25) is 0 Å². The molecule has 11 nitrogen and oxygen atoms in total. The molecule has 0 bridgehead atoms. The number of hydrogen-bond acceptors (Lipinski definition) is 11. The van der Waals surface area contributed by atoms with Gasteiger partial charge in [-0.2, -0.15) is 5.06 Å². The van der Waals surface area contributed by atoms with Gasteiger partial charge in [0, 0.05) is 30.4 Å². The normalized spacial score (nSPS) is 24.9. The van der Waals surface area contributed by atoms with Crippen molar-refractivity contribution in [1.82, 2.24) is 20.3 Å². The predicted molar refractivity (Wildman–Crippen MR) is 154 cm³/mol. The van der Waals surface area contributed by atoms with Gasteiger partial charge in [0.05, 0.1) is 31.4 Å². The molecule has 2 fully saturated rings. The molecule has 1 aromatic carbocycles. The lowest BCUT2D eigenvalue weighted by Crippen LogP contribution is -2.46. The van der Waals surface area contributed by atoms with Crippen LogP contribution in [0.1, 0.15) is 48.9 Å². The first-order valence-electron chi connectivity index (χ1n) is 14.2. The molecule has 4 atom stereocenters. The molecule has 0 radical (unpaired) electrons. The second-order valence-corrected chi connectivity index (χ2v) is 12.1. The molecular formula is C29H34F3N5O6S. The van der Waals surface area contributed by atoms with E-state index in [2.05, 4.69) is 10.3 Å². The van der Waals surface area contributed by atoms with Gasteiger partial charge in [0.1, 0.15) is 17.9 Å². The number of benzene rings is 1. The lowest BCUT2D eigenvalue weighted by molar-refractivity contribution is -0.184. The zero-order valence-corrected chi connectivity index (χ0v) is 25.2. The van der Waals surface area contributed by atoms with E-state index in [0.717, 1.165) is 6.92 Å². The summed E-state index contributed by atoms with van der Waals surface area (Å²) in [5, 5.41) is 25.7. The van der Waals surface area contributed by atoms with E-state index < -0.39 is 53.9 Å². The monoisotopic (exact) mass is 637 g/mol. The standard InChI is InChI=1S/C29H34F3N5O6S/c1-4-42-26(38)21-19(34-24(25-33-10-12-44-25)35-22(21)17-7-5-8-18(30)16(17)2)13-36-15-29(31,32)23-20(36)14-43-37(23)11-6-9-28(3,41)27(39)40/h5,7-8,10,12,20,22-23,41H,4,6,9,11,13-15H2,1-3H3,(H,34,35)(H,39,40)/t20-,22+,23+,28?/m1/s1. The highest BCUT2D eigenvalue weighted by atomic mass is 32.1. The smallest absolute Gasteiger partial charge is 0.338 e. The van der Waals surface area contributed by atoms with E-state index in [1.54, 1.807) is 31.5 Å². The molecule has 15 heteroatoms. The molecule has 1 aromatic heterocycles. The second kappa shape index (κ2) is 12.6. The maximum atomic E-state index is 15.6. The second-order valence-electron chi connectivity index (χ2n) is 11.2. The number of esters is 1. The first-order valence-corrected chi connectivity index (χ1v) is 15.1. The Bertz CT molecular complexity index is 1470. The van der Waals surface area contributed by atoms with Crippen LogP contribution in [-0.2, 0) is 19.2 Å². The Hall–Kier alpha value is -3.37. The number of halogens is 3. The molecule has 5 rings (SSSR count). The number of aliphatic carboxylic acids is 1. The van der Waals surface area contributed by atoms with E-state index in [0.29, 0.717) is 16.4 Å². The van der Waals surface area contributed by atoms with Crippen LogP contribution in [-0.4, -0.2) is 99.4 Å². The fraction of sp³-hybridized carbons (Fsp3) is 0.517. The topological polar surface area (TPSA) is 137 Å². The first-order chi connectivity index (χ1) is 20.8. The predicted octanol–water partition coefficient (Wildman–Crippen LogP) is 3.05. The van der Waals surface area contributed by atoms with Crippen molar-refractivity contribution in [3.8, 4) is 0 Å². The molecule has 2 saturated heterocycles. The minimum absolute atomic E-state index is 0.00910. The van der Waals surface area contributed by atoms with E-state index in [4.69, 9.17) is 19.7 Å². The van der Waals surface area contributed by atoms with Gasteiger partial charge in [0.25, 0.3) is 5.92 Å². The summed E-state index contributed by atoms with van der Waals surface area (Å²) in [6.07, 6.45) is 1.55. The number of carbonyl (C=O) groups excluding carboxylic acids is 1. The number of hydroxylamine groups is 2. The molecule has 44 heavy (non-hydrogen) atoms. The van der Waals surface area contributed by atoms with E-state index in [9.17, 15) is 19.1 Å². The molecule has 4 heterocycles. The van der Waals surface area contributed by atoms with Crippen LogP contribution in [0.4, 0.5) is 13.2 Å². The number of amidine groups is 1. The Balaban J connectivity index is 1.47. The van der Waals surface area contributed by atoms with E-state index in [1.165, 1.54) is 33.4 Å². The fourth-order valence-electron chi connectivity index (χ4n) is 5.84. The van der Waals surface area contributed by atoms with Crippen molar-refractivity contribution in [3.05, 3.63) is 63.0 Å². The molecule has 2 aromatic rings. The molecule has 3 N–H and O–H groups in total. The Morgan fingerprint density at radius 1 is 1.34 bits per heavy atom. The average molecular weight is 638 g/mol. The van der Waals surface area contributed by atoms with Crippen molar-refractivity contribution in [2.24, 2.45) is 4.99 Å². The van der Waals surface area contributed by atoms with Gasteiger partial charge in [-0.3, -0.25) is 14.7 Å². The molecule has 3 aliphatic rings. The Morgan fingerprint density at radius 3 is 2.80 bits per heavy atom. The van der Waals surface area contributed by atoms with Crippen molar-refractivity contribution >= 4 is 29.1 Å². The Kier molecular flexibility index (Phi) is 9.14. The number of rotatable bonds is 11. The summed E-state index contributed by atoms with van der Waals surface area (Å²) in [7, 11) is 0. The van der Waals surface area contributed by atoms with Gasteiger partial charge in [-0.15, -0.1) is 11.3 Å². The van der Waals surface area contributed by atoms with Crippen molar-refractivity contribution in [2.45, 2.75) is 63.3 Å². The van der Waals surface area contributed by atoms with Crippen LogP contribution in [0.15, 0.2) is 46.0 Å².